The lowest BCUT2D eigenvalue weighted by atomic mass is 9.96. The zero-order chi connectivity index (χ0) is 13.0. The van der Waals surface area contributed by atoms with Gasteiger partial charge in [0, 0.05) is 24.2 Å². The molecule has 18 heavy (non-hydrogen) atoms. The van der Waals surface area contributed by atoms with E-state index in [0.717, 1.165) is 18.2 Å². The van der Waals surface area contributed by atoms with Gasteiger partial charge in [0.15, 0.2) is 0 Å². The molecule has 0 amide bonds. The van der Waals surface area contributed by atoms with Gasteiger partial charge in [0.25, 0.3) is 0 Å². The molecule has 2 nitrogen and oxygen atoms in total. The minimum Gasteiger partial charge on any atom is -0.377 e. The first-order valence-corrected chi connectivity index (χ1v) is 7.15. The molecule has 0 saturated carbocycles. The molecule has 1 fully saturated rings. The molecule has 100 valence electrons. The Kier molecular flexibility index (Phi) is 5.04. The van der Waals surface area contributed by atoms with Gasteiger partial charge in [-0.3, -0.25) is 0 Å². The Morgan fingerprint density at radius 3 is 2.61 bits per heavy atom. The van der Waals surface area contributed by atoms with E-state index in [1.807, 2.05) is 12.1 Å². The summed E-state index contributed by atoms with van der Waals surface area (Å²) in [5.74, 6) is 0.549. The highest BCUT2D eigenvalue weighted by Crippen LogP contribution is 2.24. The summed E-state index contributed by atoms with van der Waals surface area (Å²) in [4.78, 5) is 0. The van der Waals surface area contributed by atoms with Crippen LogP contribution in [0.5, 0.6) is 0 Å². The fraction of sp³-hybridized carbons (Fsp3) is 0.600. The van der Waals surface area contributed by atoms with E-state index in [2.05, 4.69) is 31.3 Å². The smallest absolute Gasteiger partial charge is 0.0700 e. The average Bonchev–Trinajstić information content (AvgIpc) is 2.84. The van der Waals surface area contributed by atoms with Gasteiger partial charge in [-0.1, -0.05) is 37.6 Å². The minimum atomic E-state index is 0.367. The quantitative estimate of drug-likeness (QED) is 0.876. The first-order chi connectivity index (χ1) is 8.66. The van der Waals surface area contributed by atoms with Gasteiger partial charge in [0.05, 0.1) is 6.10 Å². The standard InChI is InChI=1S/C15H22ClNO/c1-11(2)15(12-5-7-13(16)8-6-12)17-10-14-4-3-9-18-14/h5-8,11,14-15,17H,3-4,9-10H2,1-2H3. The molecule has 1 aliphatic rings. The largest absolute Gasteiger partial charge is 0.377 e. The number of hydrogen-bond acceptors (Lipinski definition) is 2. The number of halogens is 1. The molecule has 0 spiro atoms. The monoisotopic (exact) mass is 267 g/mol. The van der Waals surface area contributed by atoms with Crippen LogP contribution < -0.4 is 5.32 Å². The molecule has 0 radical (unpaired) electrons. The molecule has 1 aliphatic heterocycles. The molecule has 1 heterocycles. The van der Waals surface area contributed by atoms with Gasteiger partial charge >= 0.3 is 0 Å². The predicted molar refractivity (Wildman–Crippen MR) is 76.0 cm³/mol. The maximum Gasteiger partial charge on any atom is 0.0700 e. The highest BCUT2D eigenvalue weighted by Gasteiger charge is 2.20. The maximum absolute atomic E-state index is 5.94. The lowest BCUT2D eigenvalue weighted by Crippen LogP contribution is -2.32. The van der Waals surface area contributed by atoms with Crippen molar-refractivity contribution in [2.24, 2.45) is 5.92 Å². The molecule has 0 aliphatic carbocycles. The van der Waals surface area contributed by atoms with Crippen molar-refractivity contribution in [1.82, 2.24) is 5.32 Å². The summed E-state index contributed by atoms with van der Waals surface area (Å²) < 4.78 is 5.65. The first-order valence-electron chi connectivity index (χ1n) is 6.77. The molecule has 1 aromatic carbocycles. The van der Waals surface area contributed by atoms with Crippen LogP contribution in [0, 0.1) is 5.92 Å². The fourth-order valence-electron chi connectivity index (χ4n) is 2.47. The second kappa shape index (κ2) is 6.55. The summed E-state index contributed by atoms with van der Waals surface area (Å²) >= 11 is 5.94. The van der Waals surface area contributed by atoms with E-state index in [1.54, 1.807) is 0 Å². The zero-order valence-electron chi connectivity index (χ0n) is 11.2. The molecule has 0 bridgehead atoms. The summed E-state index contributed by atoms with van der Waals surface area (Å²) in [6.45, 7) is 6.33. The molecule has 2 rings (SSSR count). The Balaban J connectivity index is 1.96. The molecule has 2 atom stereocenters. The number of nitrogens with one attached hydrogen (secondary N) is 1. The van der Waals surface area contributed by atoms with Crippen LogP contribution in [0.3, 0.4) is 0 Å². The van der Waals surface area contributed by atoms with Crippen molar-refractivity contribution < 1.29 is 4.74 Å². The SMILES string of the molecule is CC(C)C(NCC1CCCO1)c1ccc(Cl)cc1. The summed E-state index contributed by atoms with van der Waals surface area (Å²) in [5.41, 5.74) is 1.30. The number of rotatable bonds is 5. The Morgan fingerprint density at radius 1 is 1.33 bits per heavy atom. The third kappa shape index (κ3) is 3.71. The van der Waals surface area contributed by atoms with Gasteiger partial charge in [-0.25, -0.2) is 0 Å². The van der Waals surface area contributed by atoms with Crippen LogP contribution in [0.15, 0.2) is 24.3 Å². The predicted octanol–water partition coefficient (Wildman–Crippen LogP) is 3.81. The Morgan fingerprint density at radius 2 is 2.06 bits per heavy atom. The fourth-order valence-corrected chi connectivity index (χ4v) is 2.60. The lowest BCUT2D eigenvalue weighted by Gasteiger charge is -2.24. The van der Waals surface area contributed by atoms with Crippen molar-refractivity contribution in [3.8, 4) is 0 Å². The van der Waals surface area contributed by atoms with Gasteiger partial charge in [-0.15, -0.1) is 0 Å². The minimum absolute atomic E-state index is 0.367. The van der Waals surface area contributed by atoms with Crippen LogP contribution in [0.1, 0.15) is 38.3 Å². The Hall–Kier alpha value is -0.570. The van der Waals surface area contributed by atoms with Gasteiger partial charge in [0.2, 0.25) is 0 Å². The summed E-state index contributed by atoms with van der Waals surface area (Å²) in [5, 5.41) is 4.42. The topological polar surface area (TPSA) is 21.3 Å². The third-order valence-electron chi connectivity index (χ3n) is 3.49. The number of hydrogen-bond donors (Lipinski definition) is 1. The molecule has 0 aromatic heterocycles. The van der Waals surface area contributed by atoms with Crippen molar-refractivity contribution in [2.75, 3.05) is 13.2 Å². The van der Waals surface area contributed by atoms with E-state index in [4.69, 9.17) is 16.3 Å². The van der Waals surface area contributed by atoms with Crippen molar-refractivity contribution in [2.45, 2.75) is 38.8 Å². The third-order valence-corrected chi connectivity index (χ3v) is 3.74. The molecule has 2 unspecified atom stereocenters. The second-order valence-electron chi connectivity index (χ2n) is 5.32. The van der Waals surface area contributed by atoms with Crippen LogP contribution >= 0.6 is 11.6 Å². The van der Waals surface area contributed by atoms with Crippen LogP contribution in [0.2, 0.25) is 5.02 Å². The molecule has 1 aromatic rings. The molecule has 1 saturated heterocycles. The summed E-state index contributed by atoms with van der Waals surface area (Å²) in [7, 11) is 0. The van der Waals surface area contributed by atoms with Crippen molar-refractivity contribution >= 4 is 11.6 Å². The van der Waals surface area contributed by atoms with Gasteiger partial charge in [-0.05, 0) is 36.5 Å². The average molecular weight is 268 g/mol. The highest BCUT2D eigenvalue weighted by atomic mass is 35.5. The first kappa shape index (κ1) is 13.9. The summed E-state index contributed by atoms with van der Waals surface area (Å²) in [6.07, 6.45) is 2.76. The van der Waals surface area contributed by atoms with Crippen molar-refractivity contribution in [1.29, 1.82) is 0 Å². The normalized spacial score (nSPS) is 21.4. The van der Waals surface area contributed by atoms with Gasteiger partial charge in [-0.2, -0.15) is 0 Å². The van der Waals surface area contributed by atoms with Crippen LogP contribution in [-0.2, 0) is 4.74 Å². The van der Waals surface area contributed by atoms with Crippen molar-refractivity contribution in [3.63, 3.8) is 0 Å². The molecule has 3 heteroatoms. The van der Waals surface area contributed by atoms with Crippen molar-refractivity contribution in [3.05, 3.63) is 34.9 Å². The molecule has 1 N–H and O–H groups in total. The van der Waals surface area contributed by atoms with E-state index in [1.165, 1.54) is 18.4 Å². The molecular formula is C15H22ClNO. The van der Waals surface area contributed by atoms with E-state index in [0.29, 0.717) is 18.1 Å². The van der Waals surface area contributed by atoms with Crippen LogP contribution in [0.4, 0.5) is 0 Å². The Bertz CT molecular complexity index is 357. The number of ether oxygens (including phenoxy) is 1. The zero-order valence-corrected chi connectivity index (χ0v) is 11.9. The molecular weight excluding hydrogens is 246 g/mol. The summed E-state index contributed by atoms with van der Waals surface area (Å²) in [6, 6.07) is 8.50. The number of benzene rings is 1. The van der Waals surface area contributed by atoms with Gasteiger partial charge < -0.3 is 10.1 Å². The second-order valence-corrected chi connectivity index (χ2v) is 5.75. The van der Waals surface area contributed by atoms with E-state index < -0.39 is 0 Å². The van der Waals surface area contributed by atoms with Crippen LogP contribution in [-0.4, -0.2) is 19.3 Å². The Labute approximate surface area is 115 Å². The lowest BCUT2D eigenvalue weighted by molar-refractivity contribution is 0.105. The van der Waals surface area contributed by atoms with E-state index >= 15 is 0 Å². The maximum atomic E-state index is 5.94. The van der Waals surface area contributed by atoms with E-state index in [9.17, 15) is 0 Å². The van der Waals surface area contributed by atoms with E-state index in [-0.39, 0.29) is 0 Å². The highest BCUT2D eigenvalue weighted by molar-refractivity contribution is 6.30. The van der Waals surface area contributed by atoms with Gasteiger partial charge in [0.1, 0.15) is 0 Å². The van der Waals surface area contributed by atoms with Crippen LogP contribution in [0.25, 0.3) is 0 Å².